The van der Waals surface area contributed by atoms with Crippen molar-refractivity contribution < 1.29 is 64.1 Å². The van der Waals surface area contributed by atoms with Gasteiger partial charge in [-0.1, -0.05) is 12.1 Å². The van der Waals surface area contributed by atoms with Crippen LogP contribution in [0, 0.1) is 0 Å². The molecule has 1 amide bonds. The van der Waals surface area contributed by atoms with Crippen LogP contribution in [0.5, 0.6) is 0 Å². The van der Waals surface area contributed by atoms with E-state index in [0.717, 1.165) is 48.8 Å². The van der Waals surface area contributed by atoms with E-state index in [1.807, 2.05) is 0 Å². The van der Waals surface area contributed by atoms with Gasteiger partial charge in [0, 0.05) is 12.4 Å². The van der Waals surface area contributed by atoms with Gasteiger partial charge in [-0.3, -0.25) is 9.78 Å². The van der Waals surface area contributed by atoms with Crippen LogP contribution in [-0.2, 0) is 17.1 Å². The third-order valence-corrected chi connectivity index (χ3v) is 4.75. The highest BCUT2D eigenvalue weighted by molar-refractivity contribution is 5.95. The topological polar surface area (TPSA) is 129 Å². The lowest BCUT2D eigenvalue weighted by Crippen LogP contribution is -2.32. The fourth-order valence-corrected chi connectivity index (χ4v) is 2.93. The smallest absolute Gasteiger partial charge is 0.477 e. The number of carboxylic acid groups (broad SMARTS) is 2. The van der Waals surface area contributed by atoms with Crippen molar-refractivity contribution in [2.45, 2.75) is 24.6 Å². The van der Waals surface area contributed by atoms with Crippen molar-refractivity contribution in [3.8, 4) is 0 Å². The fourth-order valence-electron chi connectivity index (χ4n) is 2.93. The van der Waals surface area contributed by atoms with E-state index in [-0.39, 0.29) is 16.8 Å². The number of pyridine rings is 2. The second-order valence-electron chi connectivity index (χ2n) is 7.50. The molecule has 1 unspecified atom stereocenters. The van der Waals surface area contributed by atoms with Crippen molar-refractivity contribution in [2.75, 3.05) is 0 Å². The van der Waals surface area contributed by atoms with Crippen LogP contribution in [0.25, 0.3) is 0 Å². The van der Waals surface area contributed by atoms with Crippen molar-refractivity contribution in [2.24, 2.45) is 0 Å². The van der Waals surface area contributed by atoms with Crippen LogP contribution in [0.2, 0.25) is 0 Å². The number of hydrogen-bond donors (Lipinski definition) is 3. The van der Waals surface area contributed by atoms with Gasteiger partial charge in [0.1, 0.15) is 5.69 Å². The molecule has 0 saturated carbocycles. The zero-order chi connectivity index (χ0) is 30.5. The molecule has 0 bridgehead atoms. The Hall–Kier alpha value is -4.70. The molecule has 214 valence electrons. The van der Waals surface area contributed by atoms with E-state index in [4.69, 9.17) is 15.0 Å². The second-order valence-corrected chi connectivity index (χ2v) is 7.50. The van der Waals surface area contributed by atoms with Crippen molar-refractivity contribution >= 4 is 17.8 Å². The average molecular weight is 583 g/mol. The summed E-state index contributed by atoms with van der Waals surface area (Å²) in [5, 5.41) is 18.3. The quantitative estimate of drug-likeness (QED) is 0.345. The van der Waals surface area contributed by atoms with E-state index in [0.29, 0.717) is 12.1 Å². The number of carboxylic acids is 2. The van der Waals surface area contributed by atoms with Crippen LogP contribution >= 0.6 is 0 Å². The van der Waals surface area contributed by atoms with Gasteiger partial charge < -0.3 is 15.5 Å². The zero-order valence-electron chi connectivity index (χ0n) is 19.3. The van der Waals surface area contributed by atoms with Gasteiger partial charge in [0.15, 0.2) is 0 Å². The van der Waals surface area contributed by atoms with E-state index in [1.165, 1.54) is 0 Å². The number of carbonyl (C=O) groups is 3. The number of halogens is 9. The monoisotopic (exact) mass is 583 g/mol. The summed E-state index contributed by atoms with van der Waals surface area (Å²) in [6, 6.07) is 5.54. The van der Waals surface area contributed by atoms with Gasteiger partial charge in [0.2, 0.25) is 0 Å². The predicted molar refractivity (Wildman–Crippen MR) is 115 cm³/mol. The summed E-state index contributed by atoms with van der Waals surface area (Å²) in [7, 11) is 0. The fraction of sp³-hybridized carbons (Fsp3) is 0.174. The van der Waals surface area contributed by atoms with Gasteiger partial charge in [-0.2, -0.15) is 39.5 Å². The Bertz CT molecular complexity index is 1350. The second kappa shape index (κ2) is 12.0. The molecule has 0 aliphatic heterocycles. The highest BCUT2D eigenvalue weighted by atomic mass is 19.4. The molecule has 3 N–H and O–H groups in total. The third-order valence-electron chi connectivity index (χ3n) is 4.75. The summed E-state index contributed by atoms with van der Waals surface area (Å²) in [5.74, 6) is -5.05. The predicted octanol–water partition coefficient (Wildman–Crippen LogP) is 5.37. The number of alkyl halides is 9. The molecule has 1 atom stereocenters. The summed E-state index contributed by atoms with van der Waals surface area (Å²) in [5.41, 5.74) is -3.48. The number of hydrogen-bond acceptors (Lipinski definition) is 5. The molecule has 3 rings (SSSR count). The van der Waals surface area contributed by atoms with Crippen molar-refractivity contribution in [3.63, 3.8) is 0 Å². The largest absolute Gasteiger partial charge is 0.490 e. The molecule has 0 spiro atoms. The molecule has 0 fully saturated rings. The number of benzene rings is 1. The van der Waals surface area contributed by atoms with Gasteiger partial charge in [-0.05, 0) is 42.0 Å². The van der Waals surface area contributed by atoms with E-state index in [9.17, 15) is 49.1 Å². The minimum absolute atomic E-state index is 0.0873. The maximum Gasteiger partial charge on any atom is 0.490 e. The Morgan fingerprint density at radius 1 is 0.775 bits per heavy atom. The molecule has 3 aromatic rings. The zero-order valence-corrected chi connectivity index (χ0v) is 19.3. The van der Waals surface area contributed by atoms with Gasteiger partial charge >= 0.3 is 30.5 Å². The first kappa shape index (κ1) is 31.5. The Balaban J connectivity index is 0.000000708. The number of rotatable bonds is 5. The van der Waals surface area contributed by atoms with Gasteiger partial charge in [-0.25, -0.2) is 14.6 Å². The van der Waals surface area contributed by atoms with E-state index in [2.05, 4.69) is 15.3 Å². The van der Waals surface area contributed by atoms with Gasteiger partial charge in [0.25, 0.3) is 5.91 Å². The summed E-state index contributed by atoms with van der Waals surface area (Å²) in [6.07, 6.45) is -12.6. The Morgan fingerprint density at radius 2 is 1.35 bits per heavy atom. The Labute approximate surface area is 217 Å². The van der Waals surface area contributed by atoms with Crippen molar-refractivity contribution in [1.82, 2.24) is 15.3 Å². The standard InChI is InChI=1S/C21H13F6N3O3.C2HF3O2/c22-20(23,24)13-6-3-11(4-7-13)16(17-14(21(25,26)27)2-1-9-28-17)30-18(31)12-5-8-15(19(32)33)29-10-12;3-2(4,5)1(6)7/h1-10,16H,(H,30,31)(H,32,33);(H,6,7). The van der Waals surface area contributed by atoms with E-state index in [1.54, 1.807) is 0 Å². The van der Waals surface area contributed by atoms with Crippen LogP contribution in [-0.4, -0.2) is 44.2 Å². The van der Waals surface area contributed by atoms with Crippen molar-refractivity contribution in [3.05, 3.63) is 94.6 Å². The first-order valence-corrected chi connectivity index (χ1v) is 10.3. The maximum atomic E-state index is 13.6. The average Bonchev–Trinajstić information content (AvgIpc) is 2.86. The number of nitrogens with zero attached hydrogens (tertiary/aromatic N) is 2. The maximum absolute atomic E-state index is 13.6. The molecule has 0 radical (unpaired) electrons. The minimum atomic E-state index is -5.08. The molecule has 1 aromatic carbocycles. The number of amides is 1. The molecule has 2 aromatic heterocycles. The molecule has 40 heavy (non-hydrogen) atoms. The number of nitrogens with one attached hydrogen (secondary N) is 1. The normalized spacial score (nSPS) is 12.5. The lowest BCUT2D eigenvalue weighted by Gasteiger charge is -2.23. The summed E-state index contributed by atoms with van der Waals surface area (Å²) < 4.78 is 111. The molecule has 2 heterocycles. The Kier molecular flexibility index (Phi) is 9.45. The summed E-state index contributed by atoms with van der Waals surface area (Å²) in [6.45, 7) is 0. The number of carbonyl (C=O) groups excluding carboxylic acids is 1. The van der Waals surface area contributed by atoms with E-state index >= 15 is 0 Å². The van der Waals surface area contributed by atoms with Crippen LogP contribution < -0.4 is 5.32 Å². The Morgan fingerprint density at radius 3 is 1.77 bits per heavy atom. The molecule has 0 aliphatic rings. The third kappa shape index (κ3) is 8.40. The van der Waals surface area contributed by atoms with Crippen molar-refractivity contribution in [1.29, 1.82) is 0 Å². The summed E-state index contributed by atoms with van der Waals surface area (Å²) >= 11 is 0. The highest BCUT2D eigenvalue weighted by Gasteiger charge is 2.39. The lowest BCUT2D eigenvalue weighted by atomic mass is 9.97. The first-order valence-electron chi connectivity index (χ1n) is 10.3. The molecule has 17 heteroatoms. The summed E-state index contributed by atoms with van der Waals surface area (Å²) in [4.78, 5) is 39.8. The van der Waals surface area contributed by atoms with Crippen LogP contribution in [0.1, 0.15) is 49.3 Å². The molecule has 8 nitrogen and oxygen atoms in total. The molecule has 0 aliphatic carbocycles. The van der Waals surface area contributed by atoms with Crippen LogP contribution in [0.3, 0.4) is 0 Å². The number of aromatic nitrogens is 2. The van der Waals surface area contributed by atoms with Crippen LogP contribution in [0.4, 0.5) is 39.5 Å². The van der Waals surface area contributed by atoms with Gasteiger partial charge in [-0.15, -0.1) is 0 Å². The minimum Gasteiger partial charge on any atom is -0.477 e. The first-order chi connectivity index (χ1) is 18.3. The van der Waals surface area contributed by atoms with Crippen LogP contribution in [0.15, 0.2) is 60.9 Å². The van der Waals surface area contributed by atoms with Gasteiger partial charge in [0.05, 0.1) is 28.4 Å². The molecule has 0 saturated heterocycles. The SMILES string of the molecule is O=C(NC(c1ccc(C(F)(F)F)cc1)c1ncccc1C(F)(F)F)c1ccc(C(=O)O)nc1.O=C(O)C(F)(F)F. The molecular weight excluding hydrogens is 569 g/mol. The molecular formula is C23H14F9N3O5. The number of aromatic carboxylic acids is 1. The lowest BCUT2D eigenvalue weighted by molar-refractivity contribution is -0.192. The number of aliphatic carboxylic acids is 1. The van der Waals surface area contributed by atoms with E-state index < -0.39 is 59.2 Å². The highest BCUT2D eigenvalue weighted by Crippen LogP contribution is 2.36.